The maximum atomic E-state index is 13.0. The van der Waals surface area contributed by atoms with Crippen molar-refractivity contribution in [2.24, 2.45) is 13.0 Å². The first kappa shape index (κ1) is 26.6. The van der Waals surface area contributed by atoms with Crippen LogP contribution in [0.3, 0.4) is 0 Å². The molecule has 9 nitrogen and oxygen atoms in total. The van der Waals surface area contributed by atoms with E-state index in [2.05, 4.69) is 20.0 Å². The van der Waals surface area contributed by atoms with E-state index in [1.807, 2.05) is 45.4 Å². The van der Waals surface area contributed by atoms with Gasteiger partial charge in [-0.3, -0.25) is 4.98 Å². The third-order valence-corrected chi connectivity index (χ3v) is 7.25. The molecule has 2 heterocycles. The Bertz CT molecular complexity index is 1250. The summed E-state index contributed by atoms with van der Waals surface area (Å²) in [6, 6.07) is 8.16. The Morgan fingerprint density at radius 3 is 2.54 bits per heavy atom. The molecule has 0 unspecified atom stereocenters. The lowest BCUT2D eigenvalue weighted by Gasteiger charge is -2.20. The second-order valence-corrected chi connectivity index (χ2v) is 10.9. The van der Waals surface area contributed by atoms with Crippen molar-refractivity contribution in [3.63, 3.8) is 0 Å². The number of fused-ring (bicyclic) bond motifs is 1. The zero-order chi connectivity index (χ0) is 25.6. The van der Waals surface area contributed by atoms with Crippen molar-refractivity contribution in [1.82, 2.24) is 24.6 Å². The summed E-state index contributed by atoms with van der Waals surface area (Å²) in [6.07, 6.45) is 3.09. The van der Waals surface area contributed by atoms with Crippen molar-refractivity contribution in [2.45, 2.75) is 57.9 Å². The molecule has 0 saturated heterocycles. The number of carbonyl (C=O) groups excluding carboxylic acids is 1. The van der Waals surface area contributed by atoms with E-state index in [1.165, 1.54) is 0 Å². The Morgan fingerprint density at radius 1 is 1.17 bits per heavy atom. The highest BCUT2D eigenvalue weighted by Gasteiger charge is 2.22. The van der Waals surface area contributed by atoms with E-state index in [0.29, 0.717) is 19.4 Å². The van der Waals surface area contributed by atoms with Crippen molar-refractivity contribution in [1.29, 1.82) is 0 Å². The Balaban J connectivity index is 1.71. The van der Waals surface area contributed by atoms with Crippen molar-refractivity contribution >= 4 is 27.1 Å². The first-order valence-corrected chi connectivity index (χ1v) is 13.4. The Morgan fingerprint density at radius 2 is 1.89 bits per heavy atom. The number of imidazole rings is 1. The zero-order valence-electron chi connectivity index (χ0n) is 21.0. The predicted molar refractivity (Wildman–Crippen MR) is 136 cm³/mol. The van der Waals surface area contributed by atoms with Crippen LogP contribution in [0, 0.1) is 12.8 Å². The smallest absolute Gasteiger partial charge is 0.407 e. The normalized spacial score (nSPS) is 12.7. The Kier molecular flexibility index (Phi) is 8.85. The van der Waals surface area contributed by atoms with Gasteiger partial charge in [0.1, 0.15) is 17.9 Å². The Labute approximate surface area is 207 Å². The molecule has 1 amide bonds. The van der Waals surface area contributed by atoms with Gasteiger partial charge in [0, 0.05) is 26.2 Å². The summed E-state index contributed by atoms with van der Waals surface area (Å²) in [7, 11) is -1.82. The third kappa shape index (κ3) is 7.02. The molecular formula is C25H35N5O4S. The molecular weight excluding hydrogens is 466 g/mol. The van der Waals surface area contributed by atoms with Crippen LogP contribution in [-0.4, -0.2) is 48.2 Å². The number of sulfonamides is 1. The lowest BCUT2D eigenvalue weighted by Crippen LogP contribution is -2.40. The van der Waals surface area contributed by atoms with Crippen LogP contribution in [0.5, 0.6) is 0 Å². The van der Waals surface area contributed by atoms with Gasteiger partial charge in [-0.2, -0.15) is 0 Å². The summed E-state index contributed by atoms with van der Waals surface area (Å²) in [5.41, 5.74) is 3.64. The Hall–Kier alpha value is -2.98. The molecule has 0 aliphatic carbocycles. The van der Waals surface area contributed by atoms with Crippen LogP contribution in [0.4, 0.5) is 4.79 Å². The number of aromatic nitrogens is 3. The summed E-state index contributed by atoms with van der Waals surface area (Å²) in [6.45, 7) is 8.35. The highest BCUT2D eigenvalue weighted by atomic mass is 32.2. The molecule has 2 N–H and O–H groups in total. The average Bonchev–Trinajstić information content (AvgIpc) is 3.10. The summed E-state index contributed by atoms with van der Waals surface area (Å²) in [5, 5.41) is 2.63. The van der Waals surface area contributed by atoms with Gasteiger partial charge in [-0.1, -0.05) is 32.9 Å². The zero-order valence-corrected chi connectivity index (χ0v) is 21.9. The monoisotopic (exact) mass is 501 g/mol. The molecule has 10 heteroatoms. The number of rotatable bonds is 11. The number of amides is 1. The van der Waals surface area contributed by atoms with Crippen molar-refractivity contribution < 1.29 is 17.9 Å². The molecule has 0 bridgehead atoms. The van der Waals surface area contributed by atoms with E-state index < -0.39 is 22.2 Å². The van der Waals surface area contributed by atoms with Crippen molar-refractivity contribution in [3.8, 4) is 0 Å². The van der Waals surface area contributed by atoms with Crippen LogP contribution in [0.15, 0.2) is 41.4 Å². The highest BCUT2D eigenvalue weighted by Crippen LogP contribution is 2.21. The van der Waals surface area contributed by atoms with E-state index in [0.717, 1.165) is 34.5 Å². The number of aryl methyl sites for hydroxylation is 2. The maximum Gasteiger partial charge on any atom is 0.407 e. The summed E-state index contributed by atoms with van der Waals surface area (Å²) in [5.74, 6) is 1.13. The van der Waals surface area contributed by atoms with Crippen LogP contribution < -0.4 is 10.0 Å². The van der Waals surface area contributed by atoms with Crippen LogP contribution in [0.1, 0.15) is 50.7 Å². The largest absolute Gasteiger partial charge is 0.448 e. The molecule has 0 saturated carbocycles. The van der Waals surface area contributed by atoms with Gasteiger partial charge < -0.3 is 14.6 Å². The number of carbonyl (C=O) groups is 1. The highest BCUT2D eigenvalue weighted by molar-refractivity contribution is 7.89. The number of ether oxygens (including phenoxy) is 1. The predicted octanol–water partition coefficient (Wildman–Crippen LogP) is 3.70. The minimum Gasteiger partial charge on any atom is -0.448 e. The van der Waals surface area contributed by atoms with Gasteiger partial charge in [-0.15, -0.1) is 0 Å². The van der Waals surface area contributed by atoms with Gasteiger partial charge >= 0.3 is 6.09 Å². The number of nitrogens with zero attached hydrogens (tertiary/aromatic N) is 3. The third-order valence-electron chi connectivity index (χ3n) is 5.72. The fourth-order valence-corrected chi connectivity index (χ4v) is 5.09. The first-order chi connectivity index (χ1) is 16.6. The fourth-order valence-electron chi connectivity index (χ4n) is 3.86. The molecule has 0 radical (unpaired) electrons. The van der Waals surface area contributed by atoms with Crippen molar-refractivity contribution in [3.05, 3.63) is 53.6 Å². The molecule has 0 aliphatic rings. The van der Waals surface area contributed by atoms with Crippen LogP contribution >= 0.6 is 0 Å². The molecule has 0 fully saturated rings. The van der Waals surface area contributed by atoms with Gasteiger partial charge in [0.2, 0.25) is 10.0 Å². The lowest BCUT2D eigenvalue weighted by atomic mass is 10.1. The fraction of sp³-hybridized carbons (Fsp3) is 0.480. The van der Waals surface area contributed by atoms with E-state index >= 15 is 0 Å². The number of hydrogen-bond donors (Lipinski definition) is 2. The first-order valence-electron chi connectivity index (χ1n) is 11.9. The second-order valence-electron chi connectivity index (χ2n) is 9.14. The van der Waals surface area contributed by atoms with Gasteiger partial charge in [0.15, 0.2) is 0 Å². The molecule has 3 aromatic rings. The number of benzene rings is 1. The van der Waals surface area contributed by atoms with E-state index in [-0.39, 0.29) is 17.4 Å². The summed E-state index contributed by atoms with van der Waals surface area (Å²) >= 11 is 0. The summed E-state index contributed by atoms with van der Waals surface area (Å²) < 4.78 is 36.0. The van der Waals surface area contributed by atoms with Gasteiger partial charge in [0.05, 0.1) is 22.1 Å². The number of pyridine rings is 1. The summed E-state index contributed by atoms with van der Waals surface area (Å²) in [4.78, 5) is 21.1. The topological polar surface area (TPSA) is 115 Å². The molecule has 190 valence electrons. The molecule has 3 rings (SSSR count). The molecule has 1 atom stereocenters. The van der Waals surface area contributed by atoms with Crippen LogP contribution in [0.2, 0.25) is 0 Å². The number of nitrogens with one attached hydrogen (secondary N) is 2. The number of hydrogen-bond acceptors (Lipinski definition) is 6. The molecule has 0 aliphatic heterocycles. The lowest BCUT2D eigenvalue weighted by molar-refractivity contribution is 0.133. The molecule has 1 aromatic carbocycles. The van der Waals surface area contributed by atoms with E-state index in [9.17, 15) is 13.2 Å². The van der Waals surface area contributed by atoms with E-state index in [4.69, 9.17) is 4.74 Å². The minimum absolute atomic E-state index is 0.0375. The molecule has 2 aromatic heterocycles. The van der Waals surface area contributed by atoms with Crippen LogP contribution in [0.25, 0.3) is 11.0 Å². The number of alkyl carbamates (subject to hydrolysis) is 1. The maximum absolute atomic E-state index is 13.0. The SMILES string of the molecule is CCCNC(=O)OC[C@H](CC(C)C)NS(=O)(=O)c1ccc(Cc2nccc3c2nc(C)n3C)cc1. The second kappa shape index (κ2) is 11.6. The standard InChI is InChI=1S/C25H35N5O4S/c1-6-12-27-25(31)34-16-20(14-17(2)3)29-35(32,33)21-9-7-19(8-10-21)15-22-24-23(11-13-26-22)30(5)18(4)28-24/h7-11,13,17,20,29H,6,12,14-16H2,1-5H3,(H,27,31)/t20-/m0/s1. The van der Waals surface area contributed by atoms with E-state index in [1.54, 1.807) is 30.5 Å². The molecule has 0 spiro atoms. The van der Waals surface area contributed by atoms with Gasteiger partial charge in [-0.25, -0.2) is 22.9 Å². The van der Waals surface area contributed by atoms with Crippen LogP contribution in [-0.2, 0) is 28.2 Å². The average molecular weight is 502 g/mol. The van der Waals surface area contributed by atoms with Gasteiger partial charge in [0.25, 0.3) is 0 Å². The minimum atomic E-state index is -3.79. The quantitative estimate of drug-likeness (QED) is 0.414. The molecule has 35 heavy (non-hydrogen) atoms. The van der Waals surface area contributed by atoms with Gasteiger partial charge in [-0.05, 0) is 49.4 Å². The van der Waals surface area contributed by atoms with Crippen molar-refractivity contribution in [2.75, 3.05) is 13.2 Å².